The van der Waals surface area contributed by atoms with E-state index in [0.717, 1.165) is 24.3 Å². The number of hydrogen-bond donors (Lipinski definition) is 2. The van der Waals surface area contributed by atoms with Crippen LogP contribution in [-0.4, -0.2) is 29.5 Å². The molecule has 1 fully saturated rings. The Labute approximate surface area is 226 Å². The Morgan fingerprint density at radius 3 is 2.68 bits per heavy atom. The van der Waals surface area contributed by atoms with Gasteiger partial charge in [-0.3, -0.25) is 14.4 Å². The number of pyridine rings is 1. The normalized spacial score (nSPS) is 18.1. The van der Waals surface area contributed by atoms with Crippen molar-refractivity contribution in [1.29, 1.82) is 0 Å². The molecular weight excluding hydrogens is 552 g/mol. The van der Waals surface area contributed by atoms with Gasteiger partial charge in [0, 0.05) is 42.9 Å². The summed E-state index contributed by atoms with van der Waals surface area (Å²) in [6.07, 6.45) is 2.56. The van der Waals surface area contributed by atoms with Crippen molar-refractivity contribution in [3.63, 3.8) is 0 Å². The van der Waals surface area contributed by atoms with Gasteiger partial charge in [0.1, 0.15) is 5.76 Å². The molecule has 2 atom stereocenters. The van der Waals surface area contributed by atoms with E-state index in [1.807, 2.05) is 22.8 Å². The highest BCUT2D eigenvalue weighted by molar-refractivity contribution is 9.10. The third-order valence-electron chi connectivity index (χ3n) is 7.13. The van der Waals surface area contributed by atoms with Crippen molar-refractivity contribution < 1.29 is 18.4 Å². The monoisotopic (exact) mass is 576 g/mol. The molecule has 6 rings (SSSR count). The molecule has 1 aromatic carbocycles. The smallest absolute Gasteiger partial charge is 0.291 e. The summed E-state index contributed by atoms with van der Waals surface area (Å²) >= 11 is 3.23. The summed E-state index contributed by atoms with van der Waals surface area (Å²) in [5.74, 6) is 0.581. The zero-order valence-electron chi connectivity index (χ0n) is 20.4. The van der Waals surface area contributed by atoms with Gasteiger partial charge in [0.05, 0.1) is 24.2 Å². The van der Waals surface area contributed by atoms with Gasteiger partial charge in [0.25, 0.3) is 17.4 Å². The fourth-order valence-electron chi connectivity index (χ4n) is 5.45. The highest BCUT2D eigenvalue weighted by atomic mass is 79.9. The van der Waals surface area contributed by atoms with Crippen LogP contribution in [0, 0.1) is 5.92 Å². The van der Waals surface area contributed by atoms with Crippen LogP contribution in [0.3, 0.4) is 0 Å². The number of carbonyl (C=O) groups excluding carboxylic acids is 2. The van der Waals surface area contributed by atoms with Crippen LogP contribution < -0.4 is 21.1 Å². The van der Waals surface area contributed by atoms with Crippen LogP contribution >= 0.6 is 15.9 Å². The number of nitrogens with one attached hydrogen (secondary N) is 2. The molecule has 5 heterocycles. The molecule has 194 valence electrons. The number of furan rings is 2. The SMILES string of the molecule is O=C(NCc1ccco1)c1ccc(N2CC3CC(C2)c2cccc(=O)n2C3)c(NC(=O)c2ccc(Br)o2)c1. The van der Waals surface area contributed by atoms with Gasteiger partial charge in [0.2, 0.25) is 0 Å². The number of nitrogens with zero attached hydrogens (tertiary/aromatic N) is 2. The Bertz CT molecular complexity index is 1560. The zero-order valence-corrected chi connectivity index (χ0v) is 21.9. The number of hydrogen-bond acceptors (Lipinski definition) is 6. The maximum atomic E-state index is 13.0. The highest BCUT2D eigenvalue weighted by Crippen LogP contribution is 2.39. The van der Waals surface area contributed by atoms with Crippen LogP contribution in [0.4, 0.5) is 11.4 Å². The Kier molecular flexibility index (Phi) is 6.40. The summed E-state index contributed by atoms with van der Waals surface area (Å²) in [5.41, 5.74) is 2.81. The number of amides is 2. The van der Waals surface area contributed by atoms with Crippen molar-refractivity contribution in [2.45, 2.75) is 25.4 Å². The molecule has 3 aromatic heterocycles. The average molecular weight is 577 g/mol. The average Bonchev–Trinajstić information content (AvgIpc) is 3.60. The molecule has 38 heavy (non-hydrogen) atoms. The van der Waals surface area contributed by atoms with Gasteiger partial charge >= 0.3 is 0 Å². The second-order valence-corrected chi connectivity index (χ2v) is 10.4. The second kappa shape index (κ2) is 10.0. The van der Waals surface area contributed by atoms with Gasteiger partial charge in [-0.2, -0.15) is 0 Å². The van der Waals surface area contributed by atoms with Crippen molar-refractivity contribution in [3.8, 4) is 0 Å². The Hall–Kier alpha value is -4.05. The Morgan fingerprint density at radius 2 is 1.89 bits per heavy atom. The summed E-state index contributed by atoms with van der Waals surface area (Å²) in [4.78, 5) is 40.6. The van der Waals surface area contributed by atoms with Crippen LogP contribution in [0.15, 0.2) is 85.2 Å². The van der Waals surface area contributed by atoms with Gasteiger partial charge in [0.15, 0.2) is 10.4 Å². The summed E-state index contributed by atoms with van der Waals surface area (Å²) in [7, 11) is 0. The van der Waals surface area contributed by atoms with Crippen LogP contribution in [0.25, 0.3) is 0 Å². The van der Waals surface area contributed by atoms with Crippen LogP contribution in [0.5, 0.6) is 0 Å². The predicted molar refractivity (Wildman–Crippen MR) is 144 cm³/mol. The van der Waals surface area contributed by atoms with Crippen molar-refractivity contribution in [1.82, 2.24) is 9.88 Å². The first-order valence-electron chi connectivity index (χ1n) is 12.4. The lowest BCUT2D eigenvalue weighted by Gasteiger charge is -2.44. The minimum Gasteiger partial charge on any atom is -0.467 e. The molecule has 1 saturated heterocycles. The van der Waals surface area contributed by atoms with E-state index < -0.39 is 5.91 Å². The molecule has 2 aliphatic rings. The molecule has 0 radical (unpaired) electrons. The van der Waals surface area contributed by atoms with E-state index in [9.17, 15) is 14.4 Å². The van der Waals surface area contributed by atoms with Gasteiger partial charge < -0.3 is 28.9 Å². The highest BCUT2D eigenvalue weighted by Gasteiger charge is 2.35. The second-order valence-electron chi connectivity index (χ2n) is 9.65. The van der Waals surface area contributed by atoms with E-state index in [2.05, 4.69) is 31.5 Å². The quantitative estimate of drug-likeness (QED) is 0.347. The van der Waals surface area contributed by atoms with Crippen molar-refractivity contribution in [3.05, 3.63) is 105 Å². The van der Waals surface area contributed by atoms with E-state index in [1.54, 1.807) is 48.7 Å². The Morgan fingerprint density at radius 1 is 1.00 bits per heavy atom. The zero-order chi connectivity index (χ0) is 26.2. The molecule has 0 saturated carbocycles. The van der Waals surface area contributed by atoms with Gasteiger partial charge in [-0.25, -0.2) is 0 Å². The first-order valence-corrected chi connectivity index (χ1v) is 13.2. The minimum absolute atomic E-state index is 0.0353. The molecule has 10 heteroatoms. The van der Waals surface area contributed by atoms with Gasteiger partial charge in [-0.15, -0.1) is 0 Å². The third kappa shape index (κ3) is 4.79. The predicted octanol–water partition coefficient (Wildman–Crippen LogP) is 4.60. The van der Waals surface area contributed by atoms with E-state index in [-0.39, 0.29) is 29.7 Å². The fraction of sp³-hybridized carbons (Fsp3) is 0.250. The van der Waals surface area contributed by atoms with Crippen LogP contribution in [0.1, 0.15) is 44.7 Å². The topological polar surface area (TPSA) is 110 Å². The molecule has 2 amide bonds. The van der Waals surface area contributed by atoms with E-state index in [4.69, 9.17) is 8.83 Å². The molecule has 4 aromatic rings. The molecule has 0 aliphatic carbocycles. The maximum absolute atomic E-state index is 13.0. The number of rotatable bonds is 6. The van der Waals surface area contributed by atoms with E-state index >= 15 is 0 Å². The standard InChI is InChI=1S/C28H25BrN4O5/c29-25-9-8-24(38-25)28(36)31-21-12-18(27(35)30-13-20-3-2-10-37-20)6-7-23(21)32-14-17-11-19(16-32)22-4-1-5-26(34)33(22)15-17/h1-10,12,17,19H,11,13-16H2,(H,30,35)(H,31,36). The third-order valence-corrected chi connectivity index (χ3v) is 7.55. The number of piperidine rings is 1. The van der Waals surface area contributed by atoms with E-state index in [1.165, 1.54) is 0 Å². The molecule has 9 nitrogen and oxygen atoms in total. The number of aromatic nitrogens is 1. The van der Waals surface area contributed by atoms with Crippen LogP contribution in [0.2, 0.25) is 0 Å². The molecular formula is C28H25BrN4O5. The summed E-state index contributed by atoms with van der Waals surface area (Å²) in [6, 6.07) is 17.5. The molecule has 2 N–H and O–H groups in total. The largest absolute Gasteiger partial charge is 0.467 e. The lowest BCUT2D eigenvalue weighted by Crippen LogP contribution is -2.47. The minimum atomic E-state index is -0.417. The lowest BCUT2D eigenvalue weighted by molar-refractivity contribution is 0.0946. The maximum Gasteiger partial charge on any atom is 0.291 e. The lowest BCUT2D eigenvalue weighted by atomic mass is 9.83. The van der Waals surface area contributed by atoms with Crippen LogP contribution in [-0.2, 0) is 13.1 Å². The molecule has 2 unspecified atom stereocenters. The van der Waals surface area contributed by atoms with Crippen molar-refractivity contribution in [2.24, 2.45) is 5.92 Å². The summed E-state index contributed by atoms with van der Waals surface area (Å²) in [5, 5.41) is 5.80. The fourth-order valence-corrected chi connectivity index (χ4v) is 5.76. The van der Waals surface area contributed by atoms with E-state index in [0.29, 0.717) is 40.7 Å². The molecule has 0 spiro atoms. The number of anilines is 2. The number of carbonyl (C=O) groups is 2. The molecule has 2 bridgehead atoms. The first kappa shape index (κ1) is 24.3. The summed E-state index contributed by atoms with van der Waals surface area (Å²) < 4.78 is 13.1. The number of halogens is 1. The Balaban J connectivity index is 1.30. The number of benzene rings is 1. The van der Waals surface area contributed by atoms with Gasteiger partial charge in [-0.1, -0.05) is 6.07 Å². The van der Waals surface area contributed by atoms with Crippen molar-refractivity contribution >= 4 is 39.1 Å². The first-order chi connectivity index (χ1) is 18.4. The van der Waals surface area contributed by atoms with Gasteiger partial charge in [-0.05, 0) is 76.8 Å². The summed E-state index contributed by atoms with van der Waals surface area (Å²) in [6.45, 7) is 2.34. The van der Waals surface area contributed by atoms with Crippen molar-refractivity contribution in [2.75, 3.05) is 23.3 Å². The molecule has 2 aliphatic heterocycles. The number of fused-ring (bicyclic) bond motifs is 4.